The predicted molar refractivity (Wildman–Crippen MR) is 120 cm³/mol. The molecule has 3 N–H and O–H groups in total. The van der Waals surface area contributed by atoms with Crippen molar-refractivity contribution >= 4 is 17.6 Å². The van der Waals surface area contributed by atoms with Crippen molar-refractivity contribution in [1.82, 2.24) is 10.4 Å². The second-order valence-corrected chi connectivity index (χ2v) is 7.60. The lowest BCUT2D eigenvalue weighted by Crippen LogP contribution is -2.27. The zero-order chi connectivity index (χ0) is 21.2. The number of nitrogens with zero attached hydrogens (tertiary/aromatic N) is 1. The Balaban J connectivity index is 1.45. The molecule has 0 spiro atoms. The van der Waals surface area contributed by atoms with Crippen molar-refractivity contribution in [2.45, 2.75) is 32.2 Å². The first-order valence-corrected chi connectivity index (χ1v) is 10.5. The zero-order valence-corrected chi connectivity index (χ0v) is 17.3. The zero-order valence-electron chi connectivity index (χ0n) is 17.3. The summed E-state index contributed by atoms with van der Waals surface area (Å²) in [7, 11) is 0. The van der Waals surface area contributed by atoms with E-state index in [1.165, 1.54) is 28.3 Å². The van der Waals surface area contributed by atoms with Crippen molar-refractivity contribution in [3.8, 4) is 0 Å². The van der Waals surface area contributed by atoms with Crippen molar-refractivity contribution in [3.63, 3.8) is 0 Å². The summed E-state index contributed by atoms with van der Waals surface area (Å²) >= 11 is 0. The Labute approximate surface area is 178 Å². The standard InChI is InChI=1S/C25H30N2O3/c28-18-17-27(19-21-10-8-20(9-11-21)12-15-25(29)26-30)16-4-3-6-23-14-13-22-5-1-2-7-24(22)23/h1-2,5,7-12,14-15,28,30H,3-4,6,13,16-19H2,(H,26,29)/b15-12+. The largest absolute Gasteiger partial charge is 0.395 e. The molecule has 5 heteroatoms. The summed E-state index contributed by atoms with van der Waals surface area (Å²) in [6.45, 7) is 2.54. The number of hydroxylamine groups is 1. The van der Waals surface area contributed by atoms with E-state index in [4.69, 9.17) is 5.21 Å². The van der Waals surface area contributed by atoms with Gasteiger partial charge in [0.1, 0.15) is 0 Å². The Morgan fingerprint density at radius 3 is 2.63 bits per heavy atom. The number of amides is 1. The molecule has 0 saturated carbocycles. The van der Waals surface area contributed by atoms with Gasteiger partial charge >= 0.3 is 0 Å². The first-order valence-electron chi connectivity index (χ1n) is 10.5. The molecule has 1 amide bonds. The van der Waals surface area contributed by atoms with E-state index in [0.717, 1.165) is 44.3 Å². The third kappa shape index (κ3) is 6.39. The molecule has 0 aromatic heterocycles. The number of benzene rings is 2. The maximum Gasteiger partial charge on any atom is 0.267 e. The number of aliphatic hydroxyl groups is 1. The SMILES string of the molecule is O=C(/C=C/c1ccc(CN(CCO)CCCCC2=CCc3ccccc32)cc1)NO. The molecule has 2 aromatic rings. The lowest BCUT2D eigenvalue weighted by atomic mass is 10.0. The highest BCUT2D eigenvalue weighted by molar-refractivity contribution is 5.90. The Hall–Kier alpha value is -2.73. The fourth-order valence-electron chi connectivity index (χ4n) is 3.86. The van der Waals surface area contributed by atoms with E-state index < -0.39 is 5.91 Å². The molecule has 1 aliphatic carbocycles. The lowest BCUT2D eigenvalue weighted by Gasteiger charge is -2.21. The van der Waals surface area contributed by atoms with E-state index in [1.807, 2.05) is 24.3 Å². The highest BCUT2D eigenvalue weighted by Crippen LogP contribution is 2.30. The Morgan fingerprint density at radius 2 is 1.87 bits per heavy atom. The van der Waals surface area contributed by atoms with E-state index >= 15 is 0 Å². The van der Waals surface area contributed by atoms with Gasteiger partial charge in [-0.2, -0.15) is 0 Å². The summed E-state index contributed by atoms with van der Waals surface area (Å²) in [5.74, 6) is -0.551. The van der Waals surface area contributed by atoms with Crippen LogP contribution in [0.15, 0.2) is 60.7 Å². The number of aliphatic hydroxyl groups excluding tert-OH is 1. The lowest BCUT2D eigenvalue weighted by molar-refractivity contribution is -0.124. The molecule has 0 fully saturated rings. The van der Waals surface area contributed by atoms with Crippen molar-refractivity contribution in [2.75, 3.05) is 19.7 Å². The molecule has 0 saturated heterocycles. The first kappa shape index (κ1) is 22.0. The van der Waals surface area contributed by atoms with Crippen LogP contribution in [0, 0.1) is 0 Å². The van der Waals surface area contributed by atoms with Crippen LogP contribution in [0.1, 0.15) is 41.5 Å². The molecular formula is C25H30N2O3. The highest BCUT2D eigenvalue weighted by Gasteiger charge is 2.13. The first-order chi connectivity index (χ1) is 14.7. The number of carbonyl (C=O) groups excluding carboxylic acids is 1. The van der Waals surface area contributed by atoms with Crippen LogP contribution in [0.25, 0.3) is 11.6 Å². The molecule has 3 rings (SSSR count). The summed E-state index contributed by atoms with van der Waals surface area (Å²) in [5, 5.41) is 17.9. The van der Waals surface area contributed by atoms with Crippen LogP contribution in [0.3, 0.4) is 0 Å². The maximum atomic E-state index is 11.1. The molecule has 0 radical (unpaired) electrons. The number of allylic oxidation sites excluding steroid dienone is 2. The number of carbonyl (C=O) groups is 1. The Bertz CT molecular complexity index is 888. The normalized spacial score (nSPS) is 13.0. The minimum Gasteiger partial charge on any atom is -0.395 e. The summed E-state index contributed by atoms with van der Waals surface area (Å²) in [6.07, 6.45) is 9.68. The molecule has 0 atom stereocenters. The van der Waals surface area contributed by atoms with Gasteiger partial charge < -0.3 is 5.11 Å². The average molecular weight is 407 g/mol. The number of fused-ring (bicyclic) bond motifs is 1. The van der Waals surface area contributed by atoms with Crippen LogP contribution in [0.4, 0.5) is 0 Å². The third-order valence-electron chi connectivity index (χ3n) is 5.44. The minimum atomic E-state index is -0.551. The van der Waals surface area contributed by atoms with Gasteiger partial charge in [-0.05, 0) is 66.1 Å². The van der Waals surface area contributed by atoms with Crippen LogP contribution in [-0.4, -0.2) is 40.8 Å². The fraction of sp³-hybridized carbons (Fsp3) is 0.320. The number of nitrogens with one attached hydrogen (secondary N) is 1. The van der Waals surface area contributed by atoms with Crippen molar-refractivity contribution in [1.29, 1.82) is 0 Å². The number of hydrogen-bond donors (Lipinski definition) is 3. The van der Waals surface area contributed by atoms with Gasteiger partial charge in [0.25, 0.3) is 5.91 Å². The van der Waals surface area contributed by atoms with E-state index in [2.05, 4.69) is 35.2 Å². The molecule has 0 unspecified atom stereocenters. The van der Waals surface area contributed by atoms with Crippen molar-refractivity contribution in [2.24, 2.45) is 0 Å². The Kier molecular flexibility index (Phi) is 8.39. The van der Waals surface area contributed by atoms with Gasteiger partial charge in [-0.15, -0.1) is 0 Å². The summed E-state index contributed by atoms with van der Waals surface area (Å²) < 4.78 is 0. The van der Waals surface area contributed by atoms with E-state index in [-0.39, 0.29) is 6.61 Å². The van der Waals surface area contributed by atoms with Crippen molar-refractivity contribution < 1.29 is 15.1 Å². The smallest absolute Gasteiger partial charge is 0.267 e. The molecule has 0 bridgehead atoms. The number of rotatable bonds is 11. The second kappa shape index (κ2) is 11.5. The van der Waals surface area contributed by atoms with Crippen LogP contribution >= 0.6 is 0 Å². The molecule has 30 heavy (non-hydrogen) atoms. The predicted octanol–water partition coefficient (Wildman–Crippen LogP) is 3.81. The topological polar surface area (TPSA) is 72.8 Å². The molecular weight excluding hydrogens is 376 g/mol. The van der Waals surface area contributed by atoms with E-state index in [1.54, 1.807) is 11.6 Å². The summed E-state index contributed by atoms with van der Waals surface area (Å²) in [6, 6.07) is 16.6. The van der Waals surface area contributed by atoms with E-state index in [0.29, 0.717) is 6.54 Å². The second-order valence-electron chi connectivity index (χ2n) is 7.60. The van der Waals surface area contributed by atoms with Gasteiger partial charge in [0.15, 0.2) is 0 Å². The number of unbranched alkanes of at least 4 members (excludes halogenated alkanes) is 1. The van der Waals surface area contributed by atoms with Gasteiger partial charge in [-0.1, -0.05) is 54.6 Å². The molecule has 0 heterocycles. The van der Waals surface area contributed by atoms with Crippen molar-refractivity contribution in [3.05, 3.63) is 82.9 Å². The highest BCUT2D eigenvalue weighted by atomic mass is 16.5. The van der Waals surface area contributed by atoms with Gasteiger partial charge in [-0.3, -0.25) is 14.9 Å². The Morgan fingerprint density at radius 1 is 1.07 bits per heavy atom. The molecule has 5 nitrogen and oxygen atoms in total. The number of hydrogen-bond acceptors (Lipinski definition) is 4. The van der Waals surface area contributed by atoms with Crippen LogP contribution < -0.4 is 5.48 Å². The molecule has 2 aromatic carbocycles. The van der Waals surface area contributed by atoms with Crippen LogP contribution in [-0.2, 0) is 17.8 Å². The maximum absolute atomic E-state index is 11.1. The van der Waals surface area contributed by atoms with Gasteiger partial charge in [0.05, 0.1) is 6.61 Å². The summed E-state index contributed by atoms with van der Waals surface area (Å²) in [5.41, 5.74) is 7.95. The van der Waals surface area contributed by atoms with Crippen LogP contribution in [0.5, 0.6) is 0 Å². The molecule has 0 aliphatic heterocycles. The third-order valence-corrected chi connectivity index (χ3v) is 5.44. The van der Waals surface area contributed by atoms with Gasteiger partial charge in [-0.25, -0.2) is 5.48 Å². The molecule has 1 aliphatic rings. The quantitative estimate of drug-likeness (QED) is 0.230. The fourth-order valence-corrected chi connectivity index (χ4v) is 3.86. The monoisotopic (exact) mass is 406 g/mol. The minimum absolute atomic E-state index is 0.148. The van der Waals surface area contributed by atoms with Gasteiger partial charge in [0.2, 0.25) is 0 Å². The van der Waals surface area contributed by atoms with Gasteiger partial charge in [0, 0.05) is 19.2 Å². The summed E-state index contributed by atoms with van der Waals surface area (Å²) in [4.78, 5) is 13.3. The van der Waals surface area contributed by atoms with Crippen LogP contribution in [0.2, 0.25) is 0 Å². The van der Waals surface area contributed by atoms with E-state index in [9.17, 15) is 9.90 Å². The molecule has 158 valence electrons. The average Bonchev–Trinajstić information content (AvgIpc) is 3.19.